The lowest BCUT2D eigenvalue weighted by molar-refractivity contribution is -0.122. The largest absolute Gasteiger partial charge is 0.351 e. The van der Waals surface area contributed by atoms with Gasteiger partial charge in [-0.05, 0) is 44.0 Å². The first-order chi connectivity index (χ1) is 12.5. The van der Waals surface area contributed by atoms with Crippen LogP contribution in [0.2, 0.25) is 0 Å². The van der Waals surface area contributed by atoms with Gasteiger partial charge in [0.1, 0.15) is 23.8 Å². The van der Waals surface area contributed by atoms with E-state index in [9.17, 15) is 13.6 Å². The van der Waals surface area contributed by atoms with E-state index in [1.165, 1.54) is 12.1 Å². The minimum atomic E-state index is -0.645. The number of likely N-dealkylation sites (tertiary alicyclic amines) is 1. The zero-order valence-corrected chi connectivity index (χ0v) is 14.8. The van der Waals surface area contributed by atoms with Crippen LogP contribution < -0.4 is 5.32 Å². The van der Waals surface area contributed by atoms with Crippen molar-refractivity contribution in [3.8, 4) is 0 Å². The minimum Gasteiger partial charge on any atom is -0.351 e. The minimum absolute atomic E-state index is 0.106. The number of rotatable bonds is 6. The smallest absolute Gasteiger partial charge is 0.234 e. The van der Waals surface area contributed by atoms with Crippen molar-refractivity contribution in [2.24, 2.45) is 0 Å². The highest BCUT2D eigenvalue weighted by Crippen LogP contribution is 2.25. The van der Waals surface area contributed by atoms with Crippen molar-refractivity contribution < 1.29 is 13.6 Å². The van der Waals surface area contributed by atoms with Gasteiger partial charge < -0.3 is 9.88 Å². The predicted octanol–water partition coefficient (Wildman–Crippen LogP) is 2.07. The highest BCUT2D eigenvalue weighted by atomic mass is 19.1. The molecule has 1 N–H and O–H groups in total. The number of piperidine rings is 1. The number of amides is 1. The van der Waals surface area contributed by atoms with Crippen molar-refractivity contribution in [3.05, 3.63) is 47.5 Å². The van der Waals surface area contributed by atoms with E-state index >= 15 is 0 Å². The van der Waals surface area contributed by atoms with Gasteiger partial charge in [0, 0.05) is 31.6 Å². The van der Waals surface area contributed by atoms with Crippen LogP contribution in [-0.4, -0.2) is 45.2 Å². The standard InChI is InChI=1S/C18H23F2N5O/c1-2-25-12-22-23-18(25)14-4-3-5-24(10-14)11-17(26)21-9-13-6-15(19)8-16(20)7-13/h6-8,12,14H,2-5,9-11H2,1H3,(H,21,26). The van der Waals surface area contributed by atoms with Crippen molar-refractivity contribution in [1.82, 2.24) is 25.0 Å². The van der Waals surface area contributed by atoms with Crippen LogP contribution >= 0.6 is 0 Å². The summed E-state index contributed by atoms with van der Waals surface area (Å²) in [4.78, 5) is 14.3. The fraction of sp³-hybridized carbons (Fsp3) is 0.500. The predicted molar refractivity (Wildman–Crippen MR) is 92.3 cm³/mol. The first-order valence-electron chi connectivity index (χ1n) is 8.87. The maximum Gasteiger partial charge on any atom is 0.234 e. The Bertz CT molecular complexity index is 744. The molecule has 2 heterocycles. The van der Waals surface area contributed by atoms with Gasteiger partial charge in [-0.15, -0.1) is 10.2 Å². The number of aromatic nitrogens is 3. The van der Waals surface area contributed by atoms with Crippen LogP contribution in [-0.2, 0) is 17.9 Å². The molecule has 0 radical (unpaired) electrons. The molecule has 2 aromatic rings. The molecule has 0 saturated carbocycles. The molecule has 1 unspecified atom stereocenters. The van der Waals surface area contributed by atoms with Gasteiger partial charge in [-0.3, -0.25) is 9.69 Å². The number of halogens is 2. The van der Waals surface area contributed by atoms with Gasteiger partial charge in [0.05, 0.1) is 6.54 Å². The Hall–Kier alpha value is -2.35. The van der Waals surface area contributed by atoms with E-state index in [1.54, 1.807) is 6.33 Å². The number of nitrogens with zero attached hydrogens (tertiary/aromatic N) is 4. The van der Waals surface area contributed by atoms with Crippen molar-refractivity contribution in [2.75, 3.05) is 19.6 Å². The average molecular weight is 363 g/mol. The molecule has 3 rings (SSSR count). The van der Waals surface area contributed by atoms with Gasteiger partial charge in [-0.2, -0.15) is 0 Å². The topological polar surface area (TPSA) is 63.1 Å². The number of hydrogen-bond donors (Lipinski definition) is 1. The van der Waals surface area contributed by atoms with Gasteiger partial charge in [0.2, 0.25) is 5.91 Å². The van der Waals surface area contributed by atoms with E-state index in [-0.39, 0.29) is 24.9 Å². The van der Waals surface area contributed by atoms with Gasteiger partial charge in [-0.1, -0.05) is 0 Å². The fourth-order valence-electron chi connectivity index (χ4n) is 3.41. The molecule has 0 spiro atoms. The third-order valence-corrected chi connectivity index (χ3v) is 4.64. The van der Waals surface area contributed by atoms with Crippen LogP contribution in [0.3, 0.4) is 0 Å². The van der Waals surface area contributed by atoms with Crippen molar-refractivity contribution in [1.29, 1.82) is 0 Å². The highest BCUT2D eigenvalue weighted by molar-refractivity contribution is 5.78. The number of aryl methyl sites for hydroxylation is 1. The van der Waals surface area contributed by atoms with Crippen LogP contribution in [0.5, 0.6) is 0 Å². The van der Waals surface area contributed by atoms with Gasteiger partial charge >= 0.3 is 0 Å². The Morgan fingerprint density at radius 3 is 2.81 bits per heavy atom. The van der Waals surface area contributed by atoms with Crippen molar-refractivity contribution in [3.63, 3.8) is 0 Å². The molecule has 0 aliphatic carbocycles. The van der Waals surface area contributed by atoms with E-state index in [2.05, 4.69) is 27.3 Å². The molecule has 1 aromatic heterocycles. The quantitative estimate of drug-likeness (QED) is 0.854. The monoisotopic (exact) mass is 363 g/mol. The Balaban J connectivity index is 1.52. The fourth-order valence-corrected chi connectivity index (χ4v) is 3.41. The second-order valence-corrected chi connectivity index (χ2v) is 6.60. The number of hydrogen-bond acceptors (Lipinski definition) is 4. The lowest BCUT2D eigenvalue weighted by atomic mass is 9.97. The maximum atomic E-state index is 13.2. The SMILES string of the molecule is CCn1cnnc1C1CCCN(CC(=O)NCc2cc(F)cc(F)c2)C1. The summed E-state index contributed by atoms with van der Waals surface area (Å²) in [6.45, 7) is 4.84. The maximum absolute atomic E-state index is 13.2. The summed E-state index contributed by atoms with van der Waals surface area (Å²) in [7, 11) is 0. The molecule has 1 atom stereocenters. The first kappa shape index (κ1) is 18.4. The Morgan fingerprint density at radius 1 is 1.31 bits per heavy atom. The van der Waals surface area contributed by atoms with Gasteiger partial charge in [0.25, 0.3) is 0 Å². The van der Waals surface area contributed by atoms with Gasteiger partial charge in [-0.25, -0.2) is 8.78 Å². The first-order valence-corrected chi connectivity index (χ1v) is 8.87. The average Bonchev–Trinajstić information content (AvgIpc) is 3.08. The van der Waals surface area contributed by atoms with Gasteiger partial charge in [0.15, 0.2) is 0 Å². The van der Waals surface area contributed by atoms with Crippen LogP contribution in [0.15, 0.2) is 24.5 Å². The summed E-state index contributed by atoms with van der Waals surface area (Å²) in [6.07, 6.45) is 3.75. The normalized spacial score (nSPS) is 18.0. The third kappa shape index (κ3) is 4.63. The van der Waals surface area contributed by atoms with Crippen molar-refractivity contribution >= 4 is 5.91 Å². The molecule has 8 heteroatoms. The zero-order valence-electron chi connectivity index (χ0n) is 14.8. The third-order valence-electron chi connectivity index (χ3n) is 4.64. The molecule has 1 aromatic carbocycles. The van der Waals surface area contributed by atoms with Crippen LogP contribution in [0.4, 0.5) is 8.78 Å². The molecule has 140 valence electrons. The molecule has 26 heavy (non-hydrogen) atoms. The summed E-state index contributed by atoms with van der Waals surface area (Å²) < 4.78 is 28.4. The van der Waals surface area contributed by atoms with Crippen LogP contribution in [0.25, 0.3) is 0 Å². The Morgan fingerprint density at radius 2 is 2.08 bits per heavy atom. The Kier molecular flexibility index (Phi) is 5.92. The lowest BCUT2D eigenvalue weighted by Gasteiger charge is -2.31. The molecular weight excluding hydrogens is 340 g/mol. The van der Waals surface area contributed by atoms with Crippen LogP contribution in [0.1, 0.15) is 37.1 Å². The van der Waals surface area contributed by atoms with E-state index in [0.29, 0.717) is 5.56 Å². The zero-order chi connectivity index (χ0) is 18.5. The van der Waals surface area contributed by atoms with E-state index in [0.717, 1.165) is 44.4 Å². The lowest BCUT2D eigenvalue weighted by Crippen LogP contribution is -2.42. The summed E-state index contributed by atoms with van der Waals surface area (Å²) in [5.74, 6) is -0.224. The highest BCUT2D eigenvalue weighted by Gasteiger charge is 2.26. The molecule has 1 aliphatic heterocycles. The van der Waals surface area contributed by atoms with E-state index < -0.39 is 11.6 Å². The number of carbonyl (C=O) groups excluding carboxylic acids is 1. The summed E-state index contributed by atoms with van der Waals surface area (Å²) in [6, 6.07) is 3.25. The molecule has 1 saturated heterocycles. The molecule has 0 bridgehead atoms. The summed E-state index contributed by atoms with van der Waals surface area (Å²) >= 11 is 0. The summed E-state index contributed by atoms with van der Waals surface area (Å²) in [5.41, 5.74) is 0.406. The van der Waals surface area contributed by atoms with E-state index in [4.69, 9.17) is 0 Å². The molecule has 1 fully saturated rings. The Labute approximate surface area is 151 Å². The molecule has 1 amide bonds. The van der Waals surface area contributed by atoms with Crippen LogP contribution in [0, 0.1) is 11.6 Å². The molecule has 6 nitrogen and oxygen atoms in total. The summed E-state index contributed by atoms with van der Waals surface area (Å²) in [5, 5.41) is 10.9. The van der Waals surface area contributed by atoms with Crippen molar-refractivity contribution in [2.45, 2.75) is 38.8 Å². The molecular formula is C18H23F2N5O. The number of benzene rings is 1. The molecule has 1 aliphatic rings. The number of nitrogens with one attached hydrogen (secondary N) is 1. The number of carbonyl (C=O) groups is 1. The second-order valence-electron chi connectivity index (χ2n) is 6.60. The van der Waals surface area contributed by atoms with E-state index in [1.807, 2.05) is 4.57 Å². The second kappa shape index (κ2) is 8.35.